The maximum atomic E-state index is 12.8. The maximum absolute atomic E-state index is 12.8. The highest BCUT2D eigenvalue weighted by molar-refractivity contribution is 5.99. The van der Waals surface area contributed by atoms with Gasteiger partial charge in [0.1, 0.15) is 0 Å². The second kappa shape index (κ2) is 6.30. The number of likely N-dealkylation sites (tertiary alicyclic amines) is 1. The summed E-state index contributed by atoms with van der Waals surface area (Å²) in [4.78, 5) is 31.7. The molecular weight excluding hydrogens is 302 g/mol. The maximum Gasteiger partial charge on any atom is 0.253 e. The van der Waals surface area contributed by atoms with Gasteiger partial charge in [-0.15, -0.1) is 0 Å². The molecule has 1 aromatic heterocycles. The van der Waals surface area contributed by atoms with Gasteiger partial charge in [0.2, 0.25) is 5.91 Å². The van der Waals surface area contributed by atoms with E-state index < -0.39 is 0 Å². The Hall–Kier alpha value is -2.30. The van der Waals surface area contributed by atoms with E-state index in [1.165, 1.54) is 5.56 Å². The predicted octanol–water partition coefficient (Wildman–Crippen LogP) is 2.73. The van der Waals surface area contributed by atoms with Crippen molar-refractivity contribution in [1.82, 2.24) is 14.8 Å². The van der Waals surface area contributed by atoms with Gasteiger partial charge in [0.25, 0.3) is 5.91 Å². The summed E-state index contributed by atoms with van der Waals surface area (Å²) in [5.74, 6) is 0.272. The molecule has 0 saturated carbocycles. The Balaban J connectivity index is 1.74. The second-order valence-electron chi connectivity index (χ2n) is 6.93. The molecule has 1 aliphatic rings. The van der Waals surface area contributed by atoms with Crippen molar-refractivity contribution in [3.63, 3.8) is 0 Å². The average molecular weight is 327 g/mol. The molecule has 0 radical (unpaired) electrons. The molecule has 0 aliphatic carbocycles. The summed E-state index contributed by atoms with van der Waals surface area (Å²) < 4.78 is 0. The number of rotatable bonds is 2. The summed E-state index contributed by atoms with van der Waals surface area (Å²) in [5.41, 5.74) is 4.12. The number of piperidine rings is 1. The summed E-state index contributed by atoms with van der Waals surface area (Å²) in [6.07, 6.45) is 1.49. The molecule has 1 saturated heterocycles. The van der Waals surface area contributed by atoms with Crippen molar-refractivity contribution in [2.75, 3.05) is 27.2 Å². The Bertz CT molecular complexity index is 783. The largest absolute Gasteiger partial charge is 0.358 e. The first kappa shape index (κ1) is 16.6. The molecule has 1 N–H and O–H groups in total. The van der Waals surface area contributed by atoms with Crippen molar-refractivity contribution >= 4 is 22.7 Å². The topological polar surface area (TPSA) is 56.4 Å². The normalized spacial score (nSPS) is 15.8. The van der Waals surface area contributed by atoms with Crippen LogP contribution in [0.4, 0.5) is 0 Å². The molecule has 1 aliphatic heterocycles. The summed E-state index contributed by atoms with van der Waals surface area (Å²) >= 11 is 0. The molecule has 0 unspecified atom stereocenters. The van der Waals surface area contributed by atoms with Gasteiger partial charge in [-0.1, -0.05) is 0 Å². The van der Waals surface area contributed by atoms with Gasteiger partial charge in [0, 0.05) is 55.3 Å². The fraction of sp³-hybridized carbons (Fsp3) is 0.474. The van der Waals surface area contributed by atoms with E-state index in [9.17, 15) is 9.59 Å². The number of benzene rings is 1. The SMILES string of the molecule is Cc1[nH]c2ccc(C(=O)N3CCC(C(=O)N(C)C)CC3)cc2c1C. The fourth-order valence-electron chi connectivity index (χ4n) is 3.47. The van der Waals surface area contributed by atoms with Gasteiger partial charge in [-0.25, -0.2) is 0 Å². The highest BCUT2D eigenvalue weighted by atomic mass is 16.2. The van der Waals surface area contributed by atoms with E-state index in [0.717, 1.165) is 35.0 Å². The van der Waals surface area contributed by atoms with Crippen LogP contribution in [0.5, 0.6) is 0 Å². The standard InChI is InChI=1S/C19H25N3O2/c1-12-13(2)20-17-6-5-15(11-16(12)17)19(24)22-9-7-14(8-10-22)18(23)21(3)4/h5-6,11,14,20H,7-10H2,1-4H3. The van der Waals surface area contributed by atoms with Gasteiger partial charge in [0.05, 0.1) is 0 Å². The molecular formula is C19H25N3O2. The van der Waals surface area contributed by atoms with E-state index in [1.807, 2.05) is 30.0 Å². The average Bonchev–Trinajstić information content (AvgIpc) is 2.87. The van der Waals surface area contributed by atoms with Crippen LogP contribution in [0.15, 0.2) is 18.2 Å². The van der Waals surface area contributed by atoms with Crippen molar-refractivity contribution < 1.29 is 9.59 Å². The molecule has 1 aromatic carbocycles. The minimum absolute atomic E-state index is 0.0427. The molecule has 2 amide bonds. The number of H-pyrrole nitrogens is 1. The molecule has 0 bridgehead atoms. The van der Waals surface area contributed by atoms with Gasteiger partial charge in [-0.2, -0.15) is 0 Å². The Morgan fingerprint density at radius 1 is 1.17 bits per heavy atom. The molecule has 0 atom stereocenters. The molecule has 2 heterocycles. The third-order valence-electron chi connectivity index (χ3n) is 5.13. The van der Waals surface area contributed by atoms with E-state index in [0.29, 0.717) is 13.1 Å². The van der Waals surface area contributed by atoms with E-state index >= 15 is 0 Å². The number of aryl methyl sites for hydroxylation is 2. The Morgan fingerprint density at radius 2 is 1.83 bits per heavy atom. The zero-order valence-corrected chi connectivity index (χ0v) is 14.8. The van der Waals surface area contributed by atoms with Crippen molar-refractivity contribution in [3.8, 4) is 0 Å². The van der Waals surface area contributed by atoms with Crippen LogP contribution in [0.3, 0.4) is 0 Å². The molecule has 0 spiro atoms. The number of amides is 2. The highest BCUT2D eigenvalue weighted by Gasteiger charge is 2.28. The van der Waals surface area contributed by atoms with Crippen LogP contribution in [0.25, 0.3) is 10.9 Å². The predicted molar refractivity (Wildman–Crippen MR) is 95.1 cm³/mol. The molecule has 128 valence electrons. The van der Waals surface area contributed by atoms with Crippen LogP contribution in [0.1, 0.15) is 34.5 Å². The number of aromatic nitrogens is 1. The van der Waals surface area contributed by atoms with E-state index in [-0.39, 0.29) is 17.7 Å². The number of aromatic amines is 1. The number of nitrogens with one attached hydrogen (secondary N) is 1. The lowest BCUT2D eigenvalue weighted by Crippen LogP contribution is -2.42. The summed E-state index contributed by atoms with van der Waals surface area (Å²) in [6, 6.07) is 5.84. The van der Waals surface area contributed by atoms with E-state index in [1.54, 1.807) is 19.0 Å². The monoisotopic (exact) mass is 327 g/mol. The van der Waals surface area contributed by atoms with Crippen molar-refractivity contribution in [2.24, 2.45) is 5.92 Å². The summed E-state index contributed by atoms with van der Waals surface area (Å²) in [7, 11) is 3.58. The van der Waals surface area contributed by atoms with Gasteiger partial charge in [-0.05, 0) is 50.5 Å². The first-order valence-corrected chi connectivity index (χ1v) is 8.48. The molecule has 1 fully saturated rings. The van der Waals surface area contributed by atoms with Gasteiger partial charge < -0.3 is 14.8 Å². The van der Waals surface area contributed by atoms with E-state index in [4.69, 9.17) is 0 Å². The third kappa shape index (κ3) is 2.90. The molecule has 5 nitrogen and oxygen atoms in total. The first-order valence-electron chi connectivity index (χ1n) is 8.48. The number of hydrogen-bond acceptors (Lipinski definition) is 2. The van der Waals surface area contributed by atoms with E-state index in [2.05, 4.69) is 11.9 Å². The highest BCUT2D eigenvalue weighted by Crippen LogP contribution is 2.25. The molecule has 5 heteroatoms. The molecule has 2 aromatic rings. The third-order valence-corrected chi connectivity index (χ3v) is 5.13. The van der Waals surface area contributed by atoms with Crippen LogP contribution in [-0.2, 0) is 4.79 Å². The Labute approximate surface area is 142 Å². The number of fused-ring (bicyclic) bond motifs is 1. The van der Waals surface area contributed by atoms with Gasteiger partial charge >= 0.3 is 0 Å². The zero-order valence-electron chi connectivity index (χ0n) is 14.8. The fourth-order valence-corrected chi connectivity index (χ4v) is 3.47. The molecule has 3 rings (SSSR count). The Morgan fingerprint density at radius 3 is 2.46 bits per heavy atom. The van der Waals surface area contributed by atoms with Crippen molar-refractivity contribution in [3.05, 3.63) is 35.0 Å². The van der Waals surface area contributed by atoms with Crippen molar-refractivity contribution in [2.45, 2.75) is 26.7 Å². The summed E-state index contributed by atoms with van der Waals surface area (Å²) in [6.45, 7) is 5.41. The lowest BCUT2D eigenvalue weighted by Gasteiger charge is -2.32. The minimum Gasteiger partial charge on any atom is -0.358 e. The second-order valence-corrected chi connectivity index (χ2v) is 6.93. The Kier molecular flexibility index (Phi) is 4.35. The lowest BCUT2D eigenvalue weighted by atomic mass is 9.95. The first-order chi connectivity index (χ1) is 11.4. The van der Waals surface area contributed by atoms with Crippen LogP contribution in [-0.4, -0.2) is 53.8 Å². The van der Waals surface area contributed by atoms with Crippen molar-refractivity contribution in [1.29, 1.82) is 0 Å². The number of carbonyl (C=O) groups excluding carboxylic acids is 2. The van der Waals surface area contributed by atoms with Crippen LogP contribution < -0.4 is 0 Å². The smallest absolute Gasteiger partial charge is 0.253 e. The van der Waals surface area contributed by atoms with Gasteiger partial charge in [0.15, 0.2) is 0 Å². The van der Waals surface area contributed by atoms with Crippen LogP contribution >= 0.6 is 0 Å². The van der Waals surface area contributed by atoms with Gasteiger partial charge in [-0.3, -0.25) is 9.59 Å². The summed E-state index contributed by atoms with van der Waals surface area (Å²) in [5, 5.41) is 1.11. The van der Waals surface area contributed by atoms with Crippen LogP contribution in [0.2, 0.25) is 0 Å². The molecule has 24 heavy (non-hydrogen) atoms. The minimum atomic E-state index is 0.0427. The quantitative estimate of drug-likeness (QED) is 0.922. The number of nitrogens with zero attached hydrogens (tertiary/aromatic N) is 2. The lowest BCUT2D eigenvalue weighted by molar-refractivity contribution is -0.134. The zero-order chi connectivity index (χ0) is 17.4. The number of hydrogen-bond donors (Lipinski definition) is 1. The number of carbonyl (C=O) groups is 2. The van der Waals surface area contributed by atoms with Crippen LogP contribution in [0, 0.1) is 19.8 Å².